The topological polar surface area (TPSA) is 78.8 Å². The molecule has 1 fully saturated rings. The second-order valence-electron chi connectivity index (χ2n) is 3.72. The van der Waals surface area contributed by atoms with Crippen LogP contribution in [0, 0.1) is 0 Å². The Morgan fingerprint density at radius 1 is 1.31 bits per heavy atom. The van der Waals surface area contributed by atoms with E-state index in [0.29, 0.717) is 17.4 Å². The first-order valence-corrected chi connectivity index (χ1v) is 5.09. The molecule has 0 unspecified atom stereocenters. The maximum atomic E-state index is 11.6. The van der Waals surface area contributed by atoms with Gasteiger partial charge in [0.15, 0.2) is 0 Å². The van der Waals surface area contributed by atoms with Crippen LogP contribution in [-0.2, 0) is 0 Å². The summed E-state index contributed by atoms with van der Waals surface area (Å²) in [5.41, 5.74) is 0.534. The summed E-state index contributed by atoms with van der Waals surface area (Å²) in [5, 5.41) is 20.0. The zero-order valence-corrected chi connectivity index (χ0v) is 8.59. The third-order valence-corrected chi connectivity index (χ3v) is 2.27. The van der Waals surface area contributed by atoms with Crippen molar-refractivity contribution in [3.05, 3.63) is 29.8 Å². The van der Waals surface area contributed by atoms with Crippen molar-refractivity contribution >= 4 is 13.2 Å². The van der Waals surface area contributed by atoms with E-state index in [1.165, 1.54) is 12.1 Å². The van der Waals surface area contributed by atoms with Crippen LogP contribution in [0.15, 0.2) is 24.3 Å². The van der Waals surface area contributed by atoms with Gasteiger partial charge in [-0.1, -0.05) is 0 Å². The molecule has 1 aliphatic rings. The molecule has 84 valence electrons. The highest BCUT2D eigenvalue weighted by Crippen LogP contribution is 2.20. The van der Waals surface area contributed by atoms with Crippen LogP contribution in [-0.4, -0.2) is 29.3 Å². The van der Waals surface area contributed by atoms with Gasteiger partial charge >= 0.3 is 7.32 Å². The second-order valence-corrected chi connectivity index (χ2v) is 3.72. The summed E-state index contributed by atoms with van der Waals surface area (Å²) >= 11 is 0. The molecule has 16 heavy (non-hydrogen) atoms. The van der Waals surface area contributed by atoms with E-state index < -0.39 is 7.32 Å². The standard InChI is InChI=1S/C10H12BNO4/c13-10(12-8-3-4-8)7-1-5-9(6-2-7)16-11(14)15/h1-2,5-6,8,14-15H,3-4H2,(H,12,13). The van der Waals surface area contributed by atoms with E-state index in [0.717, 1.165) is 12.8 Å². The minimum atomic E-state index is -1.84. The summed E-state index contributed by atoms with van der Waals surface area (Å²) in [6.45, 7) is 0. The first-order valence-electron chi connectivity index (χ1n) is 5.09. The van der Waals surface area contributed by atoms with Gasteiger partial charge in [-0.2, -0.15) is 0 Å². The maximum Gasteiger partial charge on any atom is 0.707 e. The molecule has 0 bridgehead atoms. The molecule has 0 aromatic heterocycles. The number of benzene rings is 1. The van der Waals surface area contributed by atoms with Crippen molar-refractivity contribution in [1.29, 1.82) is 0 Å². The van der Waals surface area contributed by atoms with Crippen molar-refractivity contribution < 1.29 is 19.5 Å². The lowest BCUT2D eigenvalue weighted by Crippen LogP contribution is -2.25. The summed E-state index contributed by atoms with van der Waals surface area (Å²) in [5.74, 6) is 0.191. The molecule has 1 aromatic carbocycles. The van der Waals surface area contributed by atoms with Crippen LogP contribution in [0.25, 0.3) is 0 Å². The number of hydrogen-bond acceptors (Lipinski definition) is 4. The predicted molar refractivity (Wildman–Crippen MR) is 57.7 cm³/mol. The largest absolute Gasteiger partial charge is 0.707 e. The lowest BCUT2D eigenvalue weighted by molar-refractivity contribution is 0.0951. The van der Waals surface area contributed by atoms with Crippen molar-refractivity contribution in [2.24, 2.45) is 0 Å². The molecule has 1 amide bonds. The summed E-state index contributed by atoms with van der Waals surface area (Å²) in [6, 6.07) is 6.51. The van der Waals surface area contributed by atoms with Gasteiger partial charge in [0.1, 0.15) is 5.75 Å². The minimum Gasteiger partial charge on any atom is -0.512 e. The Hall–Kier alpha value is -1.53. The van der Waals surface area contributed by atoms with E-state index >= 15 is 0 Å². The van der Waals surface area contributed by atoms with Gasteiger partial charge in [-0.25, -0.2) is 0 Å². The lowest BCUT2D eigenvalue weighted by Gasteiger charge is -2.06. The molecule has 0 radical (unpaired) electrons. The van der Waals surface area contributed by atoms with Gasteiger partial charge in [0.05, 0.1) is 0 Å². The Morgan fingerprint density at radius 3 is 2.44 bits per heavy atom. The molecule has 5 nitrogen and oxygen atoms in total. The number of rotatable bonds is 4. The zero-order valence-electron chi connectivity index (χ0n) is 8.59. The van der Waals surface area contributed by atoms with Crippen LogP contribution in [0.2, 0.25) is 0 Å². The molecular formula is C10H12BNO4. The average molecular weight is 221 g/mol. The molecule has 0 spiro atoms. The summed E-state index contributed by atoms with van der Waals surface area (Å²) in [7, 11) is -1.84. The number of carbonyl (C=O) groups is 1. The number of hydrogen-bond donors (Lipinski definition) is 3. The minimum absolute atomic E-state index is 0.112. The monoisotopic (exact) mass is 221 g/mol. The van der Waals surface area contributed by atoms with Crippen LogP contribution in [0.3, 0.4) is 0 Å². The van der Waals surface area contributed by atoms with Gasteiger partial charge < -0.3 is 20.0 Å². The molecule has 0 heterocycles. The molecule has 2 rings (SSSR count). The molecular weight excluding hydrogens is 209 g/mol. The van der Waals surface area contributed by atoms with E-state index in [-0.39, 0.29) is 5.91 Å². The van der Waals surface area contributed by atoms with E-state index in [1.54, 1.807) is 12.1 Å². The third kappa shape index (κ3) is 2.98. The van der Waals surface area contributed by atoms with Crippen molar-refractivity contribution in [3.63, 3.8) is 0 Å². The van der Waals surface area contributed by atoms with Crippen LogP contribution in [0.4, 0.5) is 0 Å². The number of amides is 1. The highest BCUT2D eigenvalue weighted by atomic mass is 16.6. The van der Waals surface area contributed by atoms with Gasteiger partial charge in [-0.05, 0) is 37.1 Å². The molecule has 3 N–H and O–H groups in total. The normalized spacial score (nSPS) is 14.4. The van der Waals surface area contributed by atoms with Crippen LogP contribution < -0.4 is 9.97 Å². The quantitative estimate of drug-likeness (QED) is 0.621. The molecule has 1 aliphatic carbocycles. The highest BCUT2D eigenvalue weighted by molar-refractivity contribution is 6.33. The molecule has 0 saturated heterocycles. The summed E-state index contributed by atoms with van der Waals surface area (Å²) in [6.07, 6.45) is 2.09. The number of nitrogens with one attached hydrogen (secondary N) is 1. The Bertz CT molecular complexity index is 375. The number of carbonyl (C=O) groups excluding carboxylic acids is 1. The van der Waals surface area contributed by atoms with Gasteiger partial charge in [-0.3, -0.25) is 4.79 Å². The van der Waals surface area contributed by atoms with Crippen LogP contribution >= 0.6 is 0 Å². The Kier molecular flexibility index (Phi) is 3.12. The van der Waals surface area contributed by atoms with E-state index in [2.05, 4.69) is 9.97 Å². The Labute approximate surface area is 93.2 Å². The van der Waals surface area contributed by atoms with Crippen molar-refractivity contribution in [2.75, 3.05) is 0 Å². The molecule has 6 heteroatoms. The summed E-state index contributed by atoms with van der Waals surface area (Å²) < 4.78 is 4.62. The third-order valence-electron chi connectivity index (χ3n) is 2.27. The molecule has 0 atom stereocenters. The average Bonchev–Trinajstić information content (AvgIpc) is 3.01. The molecule has 1 saturated carbocycles. The highest BCUT2D eigenvalue weighted by Gasteiger charge is 2.23. The smallest absolute Gasteiger partial charge is 0.512 e. The van der Waals surface area contributed by atoms with E-state index in [9.17, 15) is 4.79 Å². The van der Waals surface area contributed by atoms with E-state index in [1.807, 2.05) is 0 Å². The van der Waals surface area contributed by atoms with E-state index in [4.69, 9.17) is 10.0 Å². The van der Waals surface area contributed by atoms with Crippen LogP contribution in [0.1, 0.15) is 23.2 Å². The zero-order chi connectivity index (χ0) is 11.5. The SMILES string of the molecule is O=C(NC1CC1)c1ccc(OB(O)O)cc1. The second kappa shape index (κ2) is 4.55. The first-order chi connectivity index (χ1) is 7.65. The van der Waals surface area contributed by atoms with Crippen LogP contribution in [0.5, 0.6) is 5.75 Å². The Morgan fingerprint density at radius 2 is 1.94 bits per heavy atom. The molecule has 0 aliphatic heterocycles. The van der Waals surface area contributed by atoms with Gasteiger partial charge in [0.25, 0.3) is 5.91 Å². The van der Waals surface area contributed by atoms with Crippen molar-refractivity contribution in [1.82, 2.24) is 5.32 Å². The van der Waals surface area contributed by atoms with Crippen molar-refractivity contribution in [2.45, 2.75) is 18.9 Å². The fraction of sp³-hybridized carbons (Fsp3) is 0.300. The fourth-order valence-electron chi connectivity index (χ4n) is 1.30. The van der Waals surface area contributed by atoms with Gasteiger partial charge in [0.2, 0.25) is 0 Å². The fourth-order valence-corrected chi connectivity index (χ4v) is 1.30. The van der Waals surface area contributed by atoms with Crippen molar-refractivity contribution in [3.8, 4) is 5.75 Å². The predicted octanol–water partition coefficient (Wildman–Crippen LogP) is -0.0729. The van der Waals surface area contributed by atoms with Gasteiger partial charge in [-0.15, -0.1) is 0 Å². The first kappa shape index (κ1) is 11.0. The lowest BCUT2D eigenvalue weighted by atomic mass is 10.2. The summed E-state index contributed by atoms with van der Waals surface area (Å²) in [4.78, 5) is 11.6. The Balaban J connectivity index is 1.97. The molecule has 1 aromatic rings. The maximum absolute atomic E-state index is 11.6. The van der Waals surface area contributed by atoms with Gasteiger partial charge in [0, 0.05) is 11.6 Å².